The first-order valence-electron chi connectivity index (χ1n) is 3.80. The van der Waals surface area contributed by atoms with E-state index in [2.05, 4.69) is 5.32 Å². The van der Waals surface area contributed by atoms with Crippen LogP contribution in [0.2, 0.25) is 10.0 Å². The summed E-state index contributed by atoms with van der Waals surface area (Å²) in [7, 11) is 0. The molecule has 13 heavy (non-hydrogen) atoms. The lowest BCUT2D eigenvalue weighted by molar-refractivity contribution is 1.08. The van der Waals surface area contributed by atoms with Gasteiger partial charge >= 0.3 is 0 Å². The van der Waals surface area contributed by atoms with Crippen molar-refractivity contribution in [2.24, 2.45) is 0 Å². The lowest BCUT2D eigenvalue weighted by Gasteiger charge is -2.07. The van der Waals surface area contributed by atoms with Crippen molar-refractivity contribution in [1.82, 2.24) is 0 Å². The van der Waals surface area contributed by atoms with Gasteiger partial charge in [0.25, 0.3) is 0 Å². The molecule has 0 saturated carbocycles. The minimum atomic E-state index is 0.432. The maximum absolute atomic E-state index is 8.33. The Hall–Kier alpha value is -0.910. The summed E-state index contributed by atoms with van der Waals surface area (Å²) in [5, 5.41) is 12.5. The standard InChI is InChI=1S/C9H8Cl2N2/c10-7-3-1-4-8(11)9(7)13-6-2-5-12/h1,3-4,13H,2,6H2. The molecule has 1 N–H and O–H groups in total. The smallest absolute Gasteiger partial charge is 0.0719 e. The normalized spacial score (nSPS) is 9.31. The van der Waals surface area contributed by atoms with Gasteiger partial charge < -0.3 is 5.32 Å². The molecule has 0 radical (unpaired) electrons. The highest BCUT2D eigenvalue weighted by Crippen LogP contribution is 2.29. The van der Waals surface area contributed by atoms with Crippen LogP contribution in [0.15, 0.2) is 18.2 Å². The number of hydrogen-bond acceptors (Lipinski definition) is 2. The Morgan fingerprint density at radius 3 is 2.46 bits per heavy atom. The van der Waals surface area contributed by atoms with Gasteiger partial charge in [0.1, 0.15) is 0 Å². The predicted molar refractivity (Wildman–Crippen MR) is 55.2 cm³/mol. The zero-order valence-corrected chi connectivity index (χ0v) is 8.36. The number of para-hydroxylation sites is 1. The Labute approximate surface area is 87.1 Å². The Balaban J connectivity index is 2.71. The number of rotatable bonds is 3. The number of nitrogens with one attached hydrogen (secondary N) is 1. The van der Waals surface area contributed by atoms with Crippen molar-refractivity contribution in [3.63, 3.8) is 0 Å². The summed E-state index contributed by atoms with van der Waals surface area (Å²) in [5.74, 6) is 0. The predicted octanol–water partition coefficient (Wildman–Crippen LogP) is 3.32. The molecule has 0 aliphatic heterocycles. The second-order valence-electron chi connectivity index (χ2n) is 2.43. The van der Waals surface area contributed by atoms with Gasteiger partial charge in [0, 0.05) is 6.54 Å². The number of benzene rings is 1. The Morgan fingerprint density at radius 1 is 1.31 bits per heavy atom. The second kappa shape index (κ2) is 4.96. The van der Waals surface area contributed by atoms with Gasteiger partial charge in [-0.25, -0.2) is 0 Å². The Bertz CT molecular complexity index is 311. The minimum Gasteiger partial charge on any atom is -0.382 e. The van der Waals surface area contributed by atoms with Gasteiger partial charge in [0.15, 0.2) is 0 Å². The van der Waals surface area contributed by atoms with E-state index in [-0.39, 0.29) is 0 Å². The molecule has 4 heteroatoms. The van der Waals surface area contributed by atoms with Crippen LogP contribution in [-0.2, 0) is 0 Å². The fourth-order valence-electron chi connectivity index (χ4n) is 0.910. The minimum absolute atomic E-state index is 0.432. The molecule has 1 rings (SSSR count). The van der Waals surface area contributed by atoms with Crippen molar-refractivity contribution in [1.29, 1.82) is 5.26 Å². The molecule has 0 spiro atoms. The Kier molecular flexibility index (Phi) is 3.88. The van der Waals surface area contributed by atoms with Crippen LogP contribution in [0.1, 0.15) is 6.42 Å². The highest BCUT2D eigenvalue weighted by atomic mass is 35.5. The maximum atomic E-state index is 8.33. The first kappa shape index (κ1) is 10.2. The fraction of sp³-hybridized carbons (Fsp3) is 0.222. The number of nitrogens with zero attached hydrogens (tertiary/aromatic N) is 1. The highest BCUT2D eigenvalue weighted by Gasteiger charge is 2.02. The molecule has 1 aromatic carbocycles. The van der Waals surface area contributed by atoms with E-state index in [1.807, 2.05) is 6.07 Å². The molecule has 0 heterocycles. The lowest BCUT2D eigenvalue weighted by Crippen LogP contribution is -2.01. The fourth-order valence-corrected chi connectivity index (χ4v) is 1.44. The zero-order chi connectivity index (χ0) is 9.68. The van der Waals surface area contributed by atoms with E-state index in [0.717, 1.165) is 0 Å². The average Bonchev–Trinajstić information content (AvgIpc) is 2.10. The van der Waals surface area contributed by atoms with Crippen LogP contribution in [0.4, 0.5) is 5.69 Å². The van der Waals surface area contributed by atoms with Crippen LogP contribution in [0.3, 0.4) is 0 Å². The van der Waals surface area contributed by atoms with E-state index in [0.29, 0.717) is 28.7 Å². The maximum Gasteiger partial charge on any atom is 0.0719 e. The molecule has 0 aliphatic carbocycles. The summed E-state index contributed by atoms with van der Waals surface area (Å²) in [6.45, 7) is 0.556. The molecule has 0 amide bonds. The van der Waals surface area contributed by atoms with Crippen molar-refractivity contribution >= 4 is 28.9 Å². The van der Waals surface area contributed by atoms with Crippen LogP contribution in [0.5, 0.6) is 0 Å². The number of halogens is 2. The van der Waals surface area contributed by atoms with Crippen molar-refractivity contribution in [3.8, 4) is 6.07 Å². The van der Waals surface area contributed by atoms with E-state index in [1.54, 1.807) is 18.2 Å². The summed E-state index contributed by atoms with van der Waals surface area (Å²) in [6, 6.07) is 7.31. The quantitative estimate of drug-likeness (QED) is 0.785. The summed E-state index contributed by atoms with van der Waals surface area (Å²) >= 11 is 11.8. The third-order valence-corrected chi connectivity index (χ3v) is 2.13. The number of nitriles is 1. The van der Waals surface area contributed by atoms with Crippen molar-refractivity contribution in [3.05, 3.63) is 28.2 Å². The first-order chi connectivity index (χ1) is 6.25. The summed E-state index contributed by atoms with van der Waals surface area (Å²) in [5.41, 5.74) is 0.695. The van der Waals surface area contributed by atoms with Gasteiger partial charge in [-0.2, -0.15) is 5.26 Å². The number of hydrogen-bond donors (Lipinski definition) is 1. The summed E-state index contributed by atoms with van der Waals surface area (Å²) in [6.07, 6.45) is 0.432. The van der Waals surface area contributed by atoms with Crippen LogP contribution < -0.4 is 5.32 Å². The topological polar surface area (TPSA) is 35.8 Å². The molecule has 0 aliphatic rings. The SMILES string of the molecule is N#CCCNc1c(Cl)cccc1Cl. The summed E-state index contributed by atoms with van der Waals surface area (Å²) < 4.78 is 0. The molecule has 68 valence electrons. The molecule has 0 aromatic heterocycles. The lowest BCUT2D eigenvalue weighted by atomic mass is 10.3. The van der Waals surface area contributed by atoms with Gasteiger partial charge in [0.2, 0.25) is 0 Å². The van der Waals surface area contributed by atoms with Gasteiger partial charge in [-0.05, 0) is 12.1 Å². The molecule has 0 atom stereocenters. The van der Waals surface area contributed by atoms with Crippen LogP contribution in [-0.4, -0.2) is 6.54 Å². The third kappa shape index (κ3) is 2.80. The van der Waals surface area contributed by atoms with E-state index < -0.39 is 0 Å². The second-order valence-corrected chi connectivity index (χ2v) is 3.25. The monoisotopic (exact) mass is 214 g/mol. The van der Waals surface area contributed by atoms with E-state index in [4.69, 9.17) is 28.5 Å². The zero-order valence-electron chi connectivity index (χ0n) is 6.85. The van der Waals surface area contributed by atoms with Crippen molar-refractivity contribution < 1.29 is 0 Å². The highest BCUT2D eigenvalue weighted by molar-refractivity contribution is 6.39. The van der Waals surface area contributed by atoms with Gasteiger partial charge in [-0.1, -0.05) is 29.3 Å². The van der Waals surface area contributed by atoms with Crippen molar-refractivity contribution in [2.45, 2.75) is 6.42 Å². The van der Waals surface area contributed by atoms with E-state index in [1.165, 1.54) is 0 Å². The first-order valence-corrected chi connectivity index (χ1v) is 4.56. The van der Waals surface area contributed by atoms with Gasteiger partial charge in [-0.15, -0.1) is 0 Å². The average molecular weight is 215 g/mol. The van der Waals surface area contributed by atoms with Gasteiger partial charge in [0.05, 0.1) is 28.2 Å². The van der Waals surface area contributed by atoms with Crippen LogP contribution in [0.25, 0.3) is 0 Å². The molecule has 1 aromatic rings. The van der Waals surface area contributed by atoms with Crippen LogP contribution in [0, 0.1) is 11.3 Å². The molecular formula is C9H8Cl2N2. The van der Waals surface area contributed by atoms with E-state index >= 15 is 0 Å². The van der Waals surface area contributed by atoms with E-state index in [9.17, 15) is 0 Å². The van der Waals surface area contributed by atoms with Crippen LogP contribution >= 0.6 is 23.2 Å². The molecule has 0 fully saturated rings. The molecule has 2 nitrogen and oxygen atoms in total. The molecule has 0 bridgehead atoms. The van der Waals surface area contributed by atoms with Gasteiger partial charge in [-0.3, -0.25) is 0 Å². The molecular weight excluding hydrogens is 207 g/mol. The Morgan fingerprint density at radius 2 is 1.92 bits per heavy atom. The largest absolute Gasteiger partial charge is 0.382 e. The molecule has 0 saturated heterocycles. The number of anilines is 1. The van der Waals surface area contributed by atoms with Crippen molar-refractivity contribution in [2.75, 3.05) is 11.9 Å². The molecule has 0 unspecified atom stereocenters. The summed E-state index contributed by atoms with van der Waals surface area (Å²) in [4.78, 5) is 0. The third-order valence-electron chi connectivity index (χ3n) is 1.50.